The van der Waals surface area contributed by atoms with E-state index in [4.69, 9.17) is 4.84 Å². The number of hydrogen-bond acceptors (Lipinski definition) is 7. The minimum Gasteiger partial charge on any atom is -0.377 e. The maximum absolute atomic E-state index is 13.6. The fraction of sp³-hybridized carbons (Fsp3) is 0.630. The Bertz CT molecular complexity index is 917. The van der Waals surface area contributed by atoms with Gasteiger partial charge in [-0.05, 0) is 75.7 Å². The second-order valence-corrected chi connectivity index (χ2v) is 10.3. The second-order valence-electron chi connectivity index (χ2n) is 10.3. The summed E-state index contributed by atoms with van der Waals surface area (Å²) in [5.41, 5.74) is -1.15. The molecule has 0 unspecified atom stereocenters. The molecule has 2 fully saturated rings. The highest BCUT2D eigenvalue weighted by molar-refractivity contribution is 6.48. The zero-order valence-electron chi connectivity index (χ0n) is 21.2. The van der Waals surface area contributed by atoms with Crippen LogP contribution in [0.1, 0.15) is 69.7 Å². The van der Waals surface area contributed by atoms with Gasteiger partial charge in [0.1, 0.15) is 11.2 Å². The van der Waals surface area contributed by atoms with Gasteiger partial charge < -0.3 is 15.5 Å². The summed E-state index contributed by atoms with van der Waals surface area (Å²) in [5, 5.41) is 7.75. The summed E-state index contributed by atoms with van der Waals surface area (Å²) in [7, 11) is 0. The molecule has 1 aromatic rings. The first kappa shape index (κ1) is 27.0. The lowest BCUT2D eigenvalue weighted by molar-refractivity contribution is -0.156. The van der Waals surface area contributed by atoms with Gasteiger partial charge in [-0.3, -0.25) is 19.2 Å². The summed E-state index contributed by atoms with van der Waals surface area (Å²) in [5.74, 6) is -0.752. The minimum absolute atomic E-state index is 0.131. The van der Waals surface area contributed by atoms with Crippen LogP contribution in [0.25, 0.3) is 0 Å². The van der Waals surface area contributed by atoms with Crippen molar-refractivity contribution in [3.05, 3.63) is 29.8 Å². The van der Waals surface area contributed by atoms with Crippen LogP contribution in [0.4, 0.5) is 0 Å². The van der Waals surface area contributed by atoms with Crippen molar-refractivity contribution in [2.75, 3.05) is 32.7 Å². The number of carbonyl (C=O) groups is 4. The van der Waals surface area contributed by atoms with Gasteiger partial charge in [0.2, 0.25) is 11.6 Å². The van der Waals surface area contributed by atoms with Crippen LogP contribution in [0.2, 0.25) is 0 Å². The molecule has 0 aliphatic carbocycles. The van der Waals surface area contributed by atoms with Crippen molar-refractivity contribution in [2.45, 2.75) is 59.3 Å². The predicted molar refractivity (Wildman–Crippen MR) is 133 cm³/mol. The molecule has 2 saturated heterocycles. The minimum atomic E-state index is -1.32. The molecule has 0 aromatic heterocycles. The lowest BCUT2D eigenvalue weighted by Crippen LogP contribution is -2.53. The van der Waals surface area contributed by atoms with Gasteiger partial charge in [0.05, 0.1) is 6.54 Å². The standard InChI is InChI=1S/C27H39N3O5/c1-19(2)17-30(20(3)31)35-23-7-4-6-22(16-23)25(33)26(34)27(12-5-13-29-18-27)24(32)9-8-21-10-14-28-15-11-21/h4,6-7,16,19,21,28-29H,5,8-15,17-18H2,1-3H3/t27-/m1/s1. The fourth-order valence-corrected chi connectivity index (χ4v) is 4.94. The Morgan fingerprint density at radius 2 is 1.86 bits per heavy atom. The predicted octanol–water partition coefficient (Wildman–Crippen LogP) is 2.96. The summed E-state index contributed by atoms with van der Waals surface area (Å²) in [6, 6.07) is 6.28. The molecule has 0 saturated carbocycles. The number of nitrogens with zero attached hydrogens (tertiary/aromatic N) is 1. The number of Topliss-reactive ketones (excluding diaryl/α,β-unsaturated/α-hetero) is 3. The fourth-order valence-electron chi connectivity index (χ4n) is 4.94. The monoisotopic (exact) mass is 485 g/mol. The van der Waals surface area contributed by atoms with Crippen molar-refractivity contribution < 1.29 is 24.0 Å². The van der Waals surface area contributed by atoms with Crippen LogP contribution in [0, 0.1) is 17.3 Å². The van der Waals surface area contributed by atoms with Crippen LogP contribution in [-0.2, 0) is 14.4 Å². The van der Waals surface area contributed by atoms with Crippen molar-refractivity contribution >= 4 is 23.3 Å². The van der Waals surface area contributed by atoms with E-state index >= 15 is 0 Å². The Hall–Kier alpha value is -2.58. The van der Waals surface area contributed by atoms with Crippen molar-refractivity contribution in [2.24, 2.45) is 17.3 Å². The molecule has 2 aliphatic heterocycles. The number of piperidine rings is 2. The number of amides is 1. The van der Waals surface area contributed by atoms with Crippen LogP contribution in [0.5, 0.6) is 5.75 Å². The Kier molecular flexibility index (Phi) is 9.57. The van der Waals surface area contributed by atoms with E-state index < -0.39 is 17.0 Å². The third-order valence-corrected chi connectivity index (χ3v) is 6.99. The molecule has 2 heterocycles. The first-order valence-corrected chi connectivity index (χ1v) is 12.8. The molecule has 2 aliphatic rings. The average molecular weight is 486 g/mol. The number of benzene rings is 1. The van der Waals surface area contributed by atoms with Gasteiger partial charge in [0.25, 0.3) is 5.91 Å². The zero-order valence-corrected chi connectivity index (χ0v) is 21.2. The Balaban J connectivity index is 1.75. The van der Waals surface area contributed by atoms with E-state index in [1.165, 1.54) is 18.1 Å². The third-order valence-electron chi connectivity index (χ3n) is 6.99. The highest BCUT2D eigenvalue weighted by Gasteiger charge is 2.48. The molecule has 8 nitrogen and oxygen atoms in total. The topological polar surface area (TPSA) is 105 Å². The number of rotatable bonds is 11. The maximum Gasteiger partial charge on any atom is 0.252 e. The van der Waals surface area contributed by atoms with Gasteiger partial charge in [-0.15, -0.1) is 0 Å². The van der Waals surface area contributed by atoms with E-state index in [1.54, 1.807) is 18.2 Å². The van der Waals surface area contributed by atoms with Gasteiger partial charge in [0, 0.05) is 25.5 Å². The lowest BCUT2D eigenvalue weighted by atomic mass is 9.70. The van der Waals surface area contributed by atoms with Crippen molar-refractivity contribution in [1.82, 2.24) is 15.7 Å². The normalized spacial score (nSPS) is 20.9. The van der Waals surface area contributed by atoms with Crippen LogP contribution in [0.3, 0.4) is 0 Å². The molecule has 1 amide bonds. The van der Waals surface area contributed by atoms with Crippen LogP contribution < -0.4 is 15.5 Å². The van der Waals surface area contributed by atoms with Crippen molar-refractivity contribution in [3.8, 4) is 5.75 Å². The maximum atomic E-state index is 13.6. The molecule has 0 radical (unpaired) electrons. The van der Waals surface area contributed by atoms with E-state index in [0.29, 0.717) is 37.5 Å². The Morgan fingerprint density at radius 1 is 1.11 bits per heavy atom. The highest BCUT2D eigenvalue weighted by Crippen LogP contribution is 2.33. The van der Waals surface area contributed by atoms with Crippen molar-refractivity contribution in [3.63, 3.8) is 0 Å². The SMILES string of the molecule is CC(=O)N(CC(C)C)Oc1cccc(C(=O)C(=O)[C@]2(C(=O)CCC3CCNCC3)CCCNC2)c1. The largest absolute Gasteiger partial charge is 0.377 e. The number of hydroxylamine groups is 2. The van der Waals surface area contributed by atoms with Crippen LogP contribution >= 0.6 is 0 Å². The molecule has 192 valence electrons. The summed E-state index contributed by atoms with van der Waals surface area (Å²) < 4.78 is 0. The number of ketones is 3. The first-order chi connectivity index (χ1) is 16.7. The number of nitrogens with one attached hydrogen (secondary N) is 2. The molecule has 3 rings (SSSR count). The summed E-state index contributed by atoms with van der Waals surface area (Å²) in [6.45, 7) is 8.59. The average Bonchev–Trinajstić information content (AvgIpc) is 2.86. The molecule has 8 heteroatoms. The Labute approximate surface area is 208 Å². The van der Waals surface area contributed by atoms with E-state index in [9.17, 15) is 19.2 Å². The van der Waals surface area contributed by atoms with Gasteiger partial charge in [-0.2, -0.15) is 5.06 Å². The second kappa shape index (κ2) is 12.4. The summed E-state index contributed by atoms with van der Waals surface area (Å²) in [4.78, 5) is 58.0. The number of hydrogen-bond donors (Lipinski definition) is 2. The first-order valence-electron chi connectivity index (χ1n) is 12.8. The molecule has 2 N–H and O–H groups in total. The van der Waals surface area contributed by atoms with Crippen molar-refractivity contribution in [1.29, 1.82) is 0 Å². The Morgan fingerprint density at radius 3 is 2.49 bits per heavy atom. The van der Waals surface area contributed by atoms with Gasteiger partial charge in [0.15, 0.2) is 5.75 Å². The molecule has 35 heavy (non-hydrogen) atoms. The lowest BCUT2D eigenvalue weighted by Gasteiger charge is -2.35. The zero-order chi connectivity index (χ0) is 25.4. The third kappa shape index (κ3) is 6.98. The molecular weight excluding hydrogens is 446 g/mol. The number of carbonyl (C=O) groups excluding carboxylic acids is 4. The molecular formula is C27H39N3O5. The highest BCUT2D eigenvalue weighted by atomic mass is 16.7. The van der Waals surface area contributed by atoms with Gasteiger partial charge in [-0.1, -0.05) is 26.0 Å². The summed E-state index contributed by atoms with van der Waals surface area (Å²) >= 11 is 0. The van der Waals surface area contributed by atoms with Gasteiger partial charge in [-0.25, -0.2) is 0 Å². The van der Waals surface area contributed by atoms with E-state index in [-0.39, 0.29) is 29.7 Å². The molecule has 0 bridgehead atoms. The quantitative estimate of drug-likeness (QED) is 0.215. The molecule has 1 aromatic carbocycles. The summed E-state index contributed by atoms with van der Waals surface area (Å²) in [6.07, 6.45) is 4.20. The van der Waals surface area contributed by atoms with E-state index in [2.05, 4.69) is 10.6 Å². The van der Waals surface area contributed by atoms with Crippen LogP contribution in [-0.4, -0.2) is 61.0 Å². The van der Waals surface area contributed by atoms with E-state index in [1.807, 2.05) is 13.8 Å². The van der Waals surface area contributed by atoms with Crippen LogP contribution in [0.15, 0.2) is 24.3 Å². The van der Waals surface area contributed by atoms with E-state index in [0.717, 1.165) is 38.9 Å². The molecule has 1 atom stereocenters. The molecule has 0 spiro atoms. The van der Waals surface area contributed by atoms with Gasteiger partial charge >= 0.3 is 0 Å². The smallest absolute Gasteiger partial charge is 0.252 e.